The molecule has 0 aliphatic heterocycles. The Morgan fingerprint density at radius 2 is 2.23 bits per heavy atom. The quantitative estimate of drug-likeness (QED) is 0.695. The van der Waals surface area contributed by atoms with Crippen molar-refractivity contribution in [3.05, 3.63) is 29.1 Å². The predicted octanol–water partition coefficient (Wildman–Crippen LogP) is 2.71. The van der Waals surface area contributed by atoms with E-state index in [-0.39, 0.29) is 11.1 Å². The minimum atomic E-state index is -2.64. The zero-order valence-electron chi connectivity index (χ0n) is 6.72. The maximum Gasteiger partial charge on any atom is 0.265 e. The molecule has 1 heterocycles. The van der Waals surface area contributed by atoms with E-state index in [1.165, 1.54) is 6.92 Å². The van der Waals surface area contributed by atoms with Gasteiger partial charge in [0.2, 0.25) is 0 Å². The van der Waals surface area contributed by atoms with Gasteiger partial charge in [-0.25, -0.2) is 8.78 Å². The van der Waals surface area contributed by atoms with E-state index in [1.807, 2.05) is 0 Å². The molecule has 0 aliphatic carbocycles. The lowest BCUT2D eigenvalue weighted by Crippen LogP contribution is -1.99. The van der Waals surface area contributed by atoms with Gasteiger partial charge in [0.05, 0.1) is 5.56 Å². The molecule has 0 radical (unpaired) electrons. The van der Waals surface area contributed by atoms with Crippen molar-refractivity contribution < 1.29 is 13.6 Å². The summed E-state index contributed by atoms with van der Waals surface area (Å²) >= 11 is 5.16. The van der Waals surface area contributed by atoms with Gasteiger partial charge in [0.25, 0.3) is 11.7 Å². The van der Waals surface area contributed by atoms with Crippen molar-refractivity contribution in [1.82, 2.24) is 4.98 Å². The zero-order valence-corrected chi connectivity index (χ0v) is 7.48. The molecule has 1 aromatic heterocycles. The molecule has 0 aliphatic rings. The van der Waals surface area contributed by atoms with E-state index in [1.54, 1.807) is 0 Å². The normalized spacial score (nSPS) is 10.5. The number of rotatable bonds is 2. The Labute approximate surface area is 78.5 Å². The minimum Gasteiger partial charge on any atom is -0.276 e. The molecule has 1 aromatic rings. The van der Waals surface area contributed by atoms with Gasteiger partial charge in [0.15, 0.2) is 0 Å². The SMILES string of the molecule is Cc1ncc(C(F)F)cc1C(=O)Cl. The summed E-state index contributed by atoms with van der Waals surface area (Å²) in [4.78, 5) is 14.4. The number of hydrogen-bond acceptors (Lipinski definition) is 2. The van der Waals surface area contributed by atoms with Crippen molar-refractivity contribution in [3.8, 4) is 0 Å². The Morgan fingerprint density at radius 3 is 2.69 bits per heavy atom. The van der Waals surface area contributed by atoms with Crippen LogP contribution in [-0.4, -0.2) is 10.2 Å². The second-order valence-corrected chi connectivity index (χ2v) is 2.82. The molecule has 70 valence electrons. The predicted molar refractivity (Wildman–Crippen MR) is 44.1 cm³/mol. The molecule has 0 N–H and O–H groups in total. The third kappa shape index (κ3) is 2.21. The maximum atomic E-state index is 12.1. The number of nitrogens with zero attached hydrogens (tertiary/aromatic N) is 1. The Kier molecular flexibility index (Phi) is 2.93. The third-order valence-electron chi connectivity index (χ3n) is 1.57. The maximum absolute atomic E-state index is 12.1. The van der Waals surface area contributed by atoms with E-state index in [9.17, 15) is 13.6 Å². The lowest BCUT2D eigenvalue weighted by Gasteiger charge is -2.02. The summed E-state index contributed by atoms with van der Waals surface area (Å²) in [5, 5.41) is -0.771. The average Bonchev–Trinajstić information content (AvgIpc) is 2.04. The Hall–Kier alpha value is -1.03. The van der Waals surface area contributed by atoms with Crippen LogP contribution in [0.1, 0.15) is 28.0 Å². The first-order valence-electron chi connectivity index (χ1n) is 3.47. The summed E-state index contributed by atoms with van der Waals surface area (Å²) < 4.78 is 24.3. The molecule has 2 nitrogen and oxygen atoms in total. The Morgan fingerprint density at radius 1 is 1.62 bits per heavy atom. The highest BCUT2D eigenvalue weighted by Gasteiger charge is 2.13. The fourth-order valence-corrected chi connectivity index (χ4v) is 1.06. The van der Waals surface area contributed by atoms with Crippen LogP contribution in [0, 0.1) is 6.92 Å². The van der Waals surface area contributed by atoms with Crippen molar-refractivity contribution in [1.29, 1.82) is 0 Å². The standard InChI is InChI=1S/C8H6ClF2NO/c1-4-6(7(9)13)2-5(3-12-4)8(10)11/h2-3,8H,1H3. The van der Waals surface area contributed by atoms with Gasteiger partial charge in [0.1, 0.15) is 0 Å². The molecule has 0 spiro atoms. The summed E-state index contributed by atoms with van der Waals surface area (Å²) in [5.74, 6) is 0. The smallest absolute Gasteiger partial charge is 0.265 e. The largest absolute Gasteiger partial charge is 0.276 e. The van der Waals surface area contributed by atoms with Crippen LogP contribution in [0.15, 0.2) is 12.3 Å². The van der Waals surface area contributed by atoms with Crippen LogP contribution >= 0.6 is 11.6 Å². The van der Waals surface area contributed by atoms with Gasteiger partial charge < -0.3 is 0 Å². The first-order chi connectivity index (χ1) is 6.02. The van der Waals surface area contributed by atoms with Gasteiger partial charge in [-0.15, -0.1) is 0 Å². The molecule has 0 aromatic carbocycles. The lowest BCUT2D eigenvalue weighted by molar-refractivity contribution is 0.107. The highest BCUT2D eigenvalue weighted by Crippen LogP contribution is 2.20. The molecule has 13 heavy (non-hydrogen) atoms. The van der Waals surface area contributed by atoms with Crippen LogP contribution in [0.25, 0.3) is 0 Å². The topological polar surface area (TPSA) is 30.0 Å². The molecule has 0 unspecified atom stereocenters. The highest BCUT2D eigenvalue weighted by atomic mass is 35.5. The minimum absolute atomic E-state index is 0.0273. The second-order valence-electron chi connectivity index (χ2n) is 2.48. The van der Waals surface area contributed by atoms with Crippen molar-refractivity contribution in [3.63, 3.8) is 0 Å². The zero-order chi connectivity index (χ0) is 10.0. The molecule has 5 heteroatoms. The van der Waals surface area contributed by atoms with E-state index in [4.69, 9.17) is 11.6 Å². The van der Waals surface area contributed by atoms with Crippen molar-refractivity contribution in [2.75, 3.05) is 0 Å². The number of alkyl halides is 2. The van der Waals surface area contributed by atoms with Gasteiger partial charge in [-0.05, 0) is 24.6 Å². The van der Waals surface area contributed by atoms with E-state index < -0.39 is 11.7 Å². The molecule has 0 saturated heterocycles. The van der Waals surface area contributed by atoms with E-state index in [0.717, 1.165) is 12.3 Å². The Bertz CT molecular complexity index is 341. The summed E-state index contributed by atoms with van der Waals surface area (Å²) in [6.07, 6.45) is -1.61. The number of carbonyl (C=O) groups is 1. The van der Waals surface area contributed by atoms with Gasteiger partial charge in [-0.1, -0.05) is 0 Å². The fourth-order valence-electron chi connectivity index (χ4n) is 0.868. The van der Waals surface area contributed by atoms with Gasteiger partial charge in [0, 0.05) is 17.5 Å². The van der Waals surface area contributed by atoms with E-state index in [0.29, 0.717) is 5.69 Å². The summed E-state index contributed by atoms with van der Waals surface area (Å²) in [5.41, 5.74) is 0.0819. The number of carbonyl (C=O) groups excluding carboxylic acids is 1. The number of halogens is 3. The van der Waals surface area contributed by atoms with E-state index in [2.05, 4.69) is 4.98 Å². The average molecular weight is 206 g/mol. The second kappa shape index (κ2) is 3.79. The summed E-state index contributed by atoms with van der Waals surface area (Å²) in [7, 11) is 0. The monoisotopic (exact) mass is 205 g/mol. The lowest BCUT2D eigenvalue weighted by atomic mass is 10.1. The van der Waals surface area contributed by atoms with Gasteiger partial charge in [-0.2, -0.15) is 0 Å². The highest BCUT2D eigenvalue weighted by molar-refractivity contribution is 6.67. The van der Waals surface area contributed by atoms with Crippen molar-refractivity contribution in [2.45, 2.75) is 13.3 Å². The summed E-state index contributed by atoms with van der Waals surface area (Å²) in [6.45, 7) is 1.53. The first-order valence-corrected chi connectivity index (χ1v) is 3.84. The molecule has 0 fully saturated rings. The molecular formula is C8H6ClF2NO. The van der Waals surface area contributed by atoms with Gasteiger partial charge in [-0.3, -0.25) is 9.78 Å². The van der Waals surface area contributed by atoms with Crippen molar-refractivity contribution >= 4 is 16.8 Å². The molecule has 1 rings (SSSR count). The molecule has 0 atom stereocenters. The Balaban J connectivity index is 3.19. The molecule has 0 amide bonds. The molecule has 0 saturated carbocycles. The van der Waals surface area contributed by atoms with Crippen LogP contribution in [-0.2, 0) is 0 Å². The third-order valence-corrected chi connectivity index (χ3v) is 1.78. The fraction of sp³-hybridized carbons (Fsp3) is 0.250. The molecular weight excluding hydrogens is 200 g/mol. The van der Waals surface area contributed by atoms with Crippen LogP contribution in [0.5, 0.6) is 0 Å². The van der Waals surface area contributed by atoms with Crippen LogP contribution in [0.2, 0.25) is 0 Å². The first kappa shape index (κ1) is 10.1. The van der Waals surface area contributed by atoms with Crippen LogP contribution in [0.4, 0.5) is 8.78 Å². The van der Waals surface area contributed by atoms with Crippen LogP contribution < -0.4 is 0 Å². The number of pyridine rings is 1. The van der Waals surface area contributed by atoms with Crippen LogP contribution in [0.3, 0.4) is 0 Å². The number of aryl methyl sites for hydroxylation is 1. The van der Waals surface area contributed by atoms with Gasteiger partial charge >= 0.3 is 0 Å². The number of hydrogen-bond donors (Lipinski definition) is 0. The number of aromatic nitrogens is 1. The van der Waals surface area contributed by atoms with E-state index >= 15 is 0 Å². The molecule has 0 bridgehead atoms. The summed E-state index contributed by atoms with van der Waals surface area (Å²) in [6, 6.07) is 1.06. The van der Waals surface area contributed by atoms with Crippen molar-refractivity contribution in [2.24, 2.45) is 0 Å².